The Balaban J connectivity index is 2.26. The average Bonchev–Trinajstić information content (AvgIpc) is 2.39. The lowest BCUT2D eigenvalue weighted by molar-refractivity contribution is 0.268. The topological polar surface area (TPSA) is 59.1 Å². The molecule has 2 aromatic rings. The van der Waals surface area contributed by atoms with Crippen molar-refractivity contribution in [1.29, 1.82) is 0 Å². The van der Waals surface area contributed by atoms with Gasteiger partial charge in [0, 0.05) is 11.8 Å². The van der Waals surface area contributed by atoms with E-state index in [0.717, 1.165) is 16.8 Å². The highest BCUT2D eigenvalue weighted by molar-refractivity contribution is 5.59. The standard InChI is InChI=1S/C13H14N2O/c14-12(9-16)10-4-6-11(7-5-10)13-3-1-2-8-15-13/h1-8,12,16H,9,14H2. The molecule has 0 aliphatic heterocycles. The molecule has 0 spiro atoms. The predicted octanol–water partition coefficient (Wildman–Crippen LogP) is 1.74. The molecule has 0 fully saturated rings. The first-order chi connectivity index (χ1) is 7.81. The third-order valence-corrected chi connectivity index (χ3v) is 2.50. The number of aromatic nitrogens is 1. The van der Waals surface area contributed by atoms with Crippen LogP contribution in [0.25, 0.3) is 11.3 Å². The van der Waals surface area contributed by atoms with Crippen molar-refractivity contribution < 1.29 is 5.11 Å². The molecule has 0 aliphatic rings. The zero-order valence-electron chi connectivity index (χ0n) is 8.88. The Kier molecular flexibility index (Phi) is 3.29. The summed E-state index contributed by atoms with van der Waals surface area (Å²) >= 11 is 0. The monoisotopic (exact) mass is 214 g/mol. The Labute approximate surface area is 94.6 Å². The van der Waals surface area contributed by atoms with Gasteiger partial charge in [0.2, 0.25) is 0 Å². The van der Waals surface area contributed by atoms with Gasteiger partial charge in [-0.1, -0.05) is 30.3 Å². The lowest BCUT2D eigenvalue weighted by Gasteiger charge is -2.08. The van der Waals surface area contributed by atoms with Crippen molar-refractivity contribution in [1.82, 2.24) is 4.98 Å². The van der Waals surface area contributed by atoms with Crippen LogP contribution >= 0.6 is 0 Å². The number of nitrogens with zero attached hydrogens (tertiary/aromatic N) is 1. The summed E-state index contributed by atoms with van der Waals surface area (Å²) in [6.45, 7) is -0.0388. The van der Waals surface area contributed by atoms with Gasteiger partial charge >= 0.3 is 0 Å². The van der Waals surface area contributed by atoms with Crippen molar-refractivity contribution in [2.75, 3.05) is 6.61 Å². The number of hydrogen-bond donors (Lipinski definition) is 2. The minimum atomic E-state index is -0.308. The average molecular weight is 214 g/mol. The molecule has 16 heavy (non-hydrogen) atoms. The van der Waals surface area contributed by atoms with E-state index in [4.69, 9.17) is 10.8 Å². The molecule has 1 heterocycles. The van der Waals surface area contributed by atoms with Gasteiger partial charge in [0.25, 0.3) is 0 Å². The molecule has 0 radical (unpaired) electrons. The fourth-order valence-corrected chi connectivity index (χ4v) is 1.54. The third kappa shape index (κ3) is 2.27. The van der Waals surface area contributed by atoms with E-state index >= 15 is 0 Å². The third-order valence-electron chi connectivity index (χ3n) is 2.50. The maximum atomic E-state index is 8.94. The SMILES string of the molecule is NC(CO)c1ccc(-c2ccccn2)cc1. The number of nitrogens with two attached hydrogens (primary N) is 1. The fourth-order valence-electron chi connectivity index (χ4n) is 1.54. The van der Waals surface area contributed by atoms with Crippen molar-refractivity contribution in [3.05, 3.63) is 54.2 Å². The number of aliphatic hydroxyl groups is 1. The molecule has 1 unspecified atom stereocenters. The summed E-state index contributed by atoms with van der Waals surface area (Å²) in [6, 6.07) is 13.3. The Bertz CT molecular complexity index is 439. The van der Waals surface area contributed by atoms with Gasteiger partial charge in [0.05, 0.1) is 18.3 Å². The number of pyridine rings is 1. The Morgan fingerprint density at radius 1 is 1.12 bits per heavy atom. The van der Waals surface area contributed by atoms with E-state index in [1.807, 2.05) is 42.5 Å². The lowest BCUT2D eigenvalue weighted by atomic mass is 10.0. The molecule has 1 atom stereocenters. The minimum absolute atomic E-state index is 0.0388. The van der Waals surface area contributed by atoms with E-state index in [0.29, 0.717) is 0 Å². The summed E-state index contributed by atoms with van der Waals surface area (Å²) in [5.74, 6) is 0. The van der Waals surface area contributed by atoms with Gasteiger partial charge in [-0.15, -0.1) is 0 Å². The van der Waals surface area contributed by atoms with Crippen LogP contribution in [0, 0.1) is 0 Å². The molecule has 1 aromatic heterocycles. The second kappa shape index (κ2) is 4.88. The molecule has 0 aliphatic carbocycles. The molecule has 3 heteroatoms. The number of rotatable bonds is 3. The van der Waals surface area contributed by atoms with Crippen molar-refractivity contribution in [3.63, 3.8) is 0 Å². The molecule has 82 valence electrons. The van der Waals surface area contributed by atoms with Gasteiger partial charge in [0.1, 0.15) is 0 Å². The van der Waals surface area contributed by atoms with Crippen LogP contribution in [-0.4, -0.2) is 16.7 Å². The first-order valence-corrected chi connectivity index (χ1v) is 5.19. The molecule has 3 N–H and O–H groups in total. The van der Waals surface area contributed by atoms with Crippen LogP contribution in [0.3, 0.4) is 0 Å². The van der Waals surface area contributed by atoms with Crippen LogP contribution in [0.5, 0.6) is 0 Å². The molecule has 0 saturated carbocycles. The highest BCUT2D eigenvalue weighted by Gasteiger charge is 2.04. The van der Waals surface area contributed by atoms with Gasteiger partial charge in [-0.25, -0.2) is 0 Å². The van der Waals surface area contributed by atoms with E-state index in [9.17, 15) is 0 Å². The van der Waals surface area contributed by atoms with Gasteiger partial charge in [0.15, 0.2) is 0 Å². The number of benzene rings is 1. The molecular weight excluding hydrogens is 200 g/mol. The maximum Gasteiger partial charge on any atom is 0.0701 e. The molecule has 1 aromatic carbocycles. The molecule has 0 amide bonds. The van der Waals surface area contributed by atoms with Crippen LogP contribution in [0.2, 0.25) is 0 Å². The Morgan fingerprint density at radius 3 is 2.44 bits per heavy atom. The van der Waals surface area contributed by atoms with Crippen LogP contribution in [-0.2, 0) is 0 Å². The highest BCUT2D eigenvalue weighted by Crippen LogP contribution is 2.18. The number of aliphatic hydroxyl groups excluding tert-OH is 1. The quantitative estimate of drug-likeness (QED) is 0.818. The second-order valence-electron chi connectivity index (χ2n) is 3.63. The van der Waals surface area contributed by atoms with Crippen LogP contribution in [0.15, 0.2) is 48.7 Å². The van der Waals surface area contributed by atoms with Crippen molar-refractivity contribution in [2.45, 2.75) is 6.04 Å². The van der Waals surface area contributed by atoms with Crippen LogP contribution in [0.4, 0.5) is 0 Å². The van der Waals surface area contributed by atoms with E-state index in [1.54, 1.807) is 6.20 Å². The molecule has 3 nitrogen and oxygen atoms in total. The zero-order valence-corrected chi connectivity index (χ0v) is 8.88. The second-order valence-corrected chi connectivity index (χ2v) is 3.63. The van der Waals surface area contributed by atoms with Crippen LogP contribution < -0.4 is 5.73 Å². The highest BCUT2D eigenvalue weighted by atomic mass is 16.3. The summed E-state index contributed by atoms with van der Waals surface area (Å²) in [5, 5.41) is 8.94. The van der Waals surface area contributed by atoms with Crippen molar-refractivity contribution in [3.8, 4) is 11.3 Å². The van der Waals surface area contributed by atoms with Gasteiger partial charge < -0.3 is 10.8 Å². The predicted molar refractivity (Wildman–Crippen MR) is 63.7 cm³/mol. The smallest absolute Gasteiger partial charge is 0.0701 e. The first-order valence-electron chi connectivity index (χ1n) is 5.19. The van der Waals surface area contributed by atoms with E-state index in [1.165, 1.54) is 0 Å². The lowest BCUT2D eigenvalue weighted by Crippen LogP contribution is -2.14. The zero-order chi connectivity index (χ0) is 11.4. The minimum Gasteiger partial charge on any atom is -0.394 e. The number of hydrogen-bond acceptors (Lipinski definition) is 3. The summed E-state index contributed by atoms with van der Waals surface area (Å²) < 4.78 is 0. The van der Waals surface area contributed by atoms with Gasteiger partial charge in [-0.3, -0.25) is 4.98 Å². The maximum absolute atomic E-state index is 8.94. The van der Waals surface area contributed by atoms with Gasteiger partial charge in [-0.05, 0) is 17.7 Å². The largest absolute Gasteiger partial charge is 0.394 e. The summed E-state index contributed by atoms with van der Waals surface area (Å²) in [6.07, 6.45) is 1.77. The molecule has 0 saturated heterocycles. The summed E-state index contributed by atoms with van der Waals surface area (Å²) in [5.41, 5.74) is 8.64. The van der Waals surface area contributed by atoms with E-state index in [2.05, 4.69) is 4.98 Å². The fraction of sp³-hybridized carbons (Fsp3) is 0.154. The van der Waals surface area contributed by atoms with Gasteiger partial charge in [-0.2, -0.15) is 0 Å². The van der Waals surface area contributed by atoms with Crippen LogP contribution in [0.1, 0.15) is 11.6 Å². The van der Waals surface area contributed by atoms with Crippen molar-refractivity contribution in [2.24, 2.45) is 5.73 Å². The molecular formula is C13H14N2O. The van der Waals surface area contributed by atoms with E-state index < -0.39 is 0 Å². The Morgan fingerprint density at radius 2 is 1.88 bits per heavy atom. The van der Waals surface area contributed by atoms with E-state index in [-0.39, 0.29) is 12.6 Å². The normalized spacial score (nSPS) is 12.4. The first kappa shape index (κ1) is 10.8. The van der Waals surface area contributed by atoms with Crippen molar-refractivity contribution >= 4 is 0 Å². The Hall–Kier alpha value is -1.71. The molecule has 0 bridgehead atoms. The summed E-state index contributed by atoms with van der Waals surface area (Å²) in [4.78, 5) is 4.26. The molecule has 2 rings (SSSR count). The summed E-state index contributed by atoms with van der Waals surface area (Å²) in [7, 11) is 0.